The Balaban J connectivity index is 2.29. The standard InChI is InChI=1S/C10H18O3/c1-8(2)13-7-10(11)9-4-3-5-12-6-9/h6,8,10-11H,3-5,7H2,1-2H3. The highest BCUT2D eigenvalue weighted by Crippen LogP contribution is 2.16. The maximum absolute atomic E-state index is 9.65. The molecule has 1 N–H and O–H groups in total. The van der Waals surface area contributed by atoms with Crippen molar-refractivity contribution >= 4 is 0 Å². The first-order chi connectivity index (χ1) is 6.20. The Bertz CT molecular complexity index is 175. The third-order valence-corrected chi connectivity index (χ3v) is 1.98. The van der Waals surface area contributed by atoms with Gasteiger partial charge in [0.15, 0.2) is 0 Å². The molecule has 3 nitrogen and oxygen atoms in total. The van der Waals surface area contributed by atoms with Crippen LogP contribution in [0.5, 0.6) is 0 Å². The summed E-state index contributed by atoms with van der Waals surface area (Å²) in [7, 11) is 0. The van der Waals surface area contributed by atoms with Gasteiger partial charge in [0.2, 0.25) is 0 Å². The second-order valence-electron chi connectivity index (χ2n) is 3.56. The maximum Gasteiger partial charge on any atom is 0.102 e. The molecular weight excluding hydrogens is 168 g/mol. The number of hydrogen-bond donors (Lipinski definition) is 1. The quantitative estimate of drug-likeness (QED) is 0.722. The van der Waals surface area contributed by atoms with Gasteiger partial charge in [0.05, 0.1) is 25.6 Å². The molecule has 1 heterocycles. The fraction of sp³-hybridized carbons (Fsp3) is 0.800. The summed E-state index contributed by atoms with van der Waals surface area (Å²) in [6, 6.07) is 0. The van der Waals surface area contributed by atoms with Crippen LogP contribution in [-0.2, 0) is 9.47 Å². The van der Waals surface area contributed by atoms with Crippen molar-refractivity contribution < 1.29 is 14.6 Å². The second kappa shape index (κ2) is 5.25. The molecule has 1 aliphatic heterocycles. The largest absolute Gasteiger partial charge is 0.501 e. The van der Waals surface area contributed by atoms with E-state index >= 15 is 0 Å². The fourth-order valence-corrected chi connectivity index (χ4v) is 1.22. The van der Waals surface area contributed by atoms with Crippen molar-refractivity contribution in [2.75, 3.05) is 13.2 Å². The molecule has 0 fully saturated rings. The summed E-state index contributed by atoms with van der Waals surface area (Å²) < 4.78 is 10.4. The highest BCUT2D eigenvalue weighted by molar-refractivity contribution is 5.06. The third kappa shape index (κ3) is 3.79. The zero-order valence-electron chi connectivity index (χ0n) is 8.32. The van der Waals surface area contributed by atoms with E-state index in [1.54, 1.807) is 6.26 Å². The van der Waals surface area contributed by atoms with Crippen molar-refractivity contribution in [3.8, 4) is 0 Å². The minimum absolute atomic E-state index is 0.166. The molecule has 1 unspecified atom stereocenters. The topological polar surface area (TPSA) is 38.7 Å². The zero-order chi connectivity index (χ0) is 9.68. The van der Waals surface area contributed by atoms with Gasteiger partial charge in [-0.3, -0.25) is 0 Å². The predicted octanol–water partition coefficient (Wildman–Crippen LogP) is 1.47. The molecule has 0 aromatic carbocycles. The van der Waals surface area contributed by atoms with Crippen molar-refractivity contribution in [2.45, 2.75) is 38.9 Å². The molecule has 0 bridgehead atoms. The van der Waals surface area contributed by atoms with Crippen LogP contribution in [0.1, 0.15) is 26.7 Å². The SMILES string of the molecule is CC(C)OCC(O)C1=COCCC1. The van der Waals surface area contributed by atoms with Gasteiger partial charge >= 0.3 is 0 Å². The Morgan fingerprint density at radius 3 is 2.92 bits per heavy atom. The predicted molar refractivity (Wildman–Crippen MR) is 50.4 cm³/mol. The van der Waals surface area contributed by atoms with E-state index in [9.17, 15) is 5.11 Å². The molecular formula is C10H18O3. The van der Waals surface area contributed by atoms with Crippen LogP contribution in [-0.4, -0.2) is 30.5 Å². The molecule has 0 aromatic heterocycles. The van der Waals surface area contributed by atoms with Crippen LogP contribution in [0.2, 0.25) is 0 Å². The van der Waals surface area contributed by atoms with Gasteiger partial charge < -0.3 is 14.6 Å². The molecule has 0 aliphatic carbocycles. The van der Waals surface area contributed by atoms with Crippen molar-refractivity contribution in [1.29, 1.82) is 0 Å². The van der Waals surface area contributed by atoms with E-state index in [4.69, 9.17) is 9.47 Å². The van der Waals surface area contributed by atoms with E-state index in [1.807, 2.05) is 13.8 Å². The first-order valence-corrected chi connectivity index (χ1v) is 4.80. The van der Waals surface area contributed by atoms with Gasteiger partial charge in [0, 0.05) is 0 Å². The van der Waals surface area contributed by atoms with E-state index in [-0.39, 0.29) is 6.10 Å². The number of rotatable bonds is 4. The van der Waals surface area contributed by atoms with Gasteiger partial charge in [0.25, 0.3) is 0 Å². The first kappa shape index (κ1) is 10.5. The Labute approximate surface area is 79.3 Å². The zero-order valence-corrected chi connectivity index (χ0v) is 8.32. The van der Waals surface area contributed by atoms with E-state index in [2.05, 4.69) is 0 Å². The summed E-state index contributed by atoms with van der Waals surface area (Å²) in [5.74, 6) is 0. The van der Waals surface area contributed by atoms with Crippen LogP contribution in [0, 0.1) is 0 Å². The highest BCUT2D eigenvalue weighted by Gasteiger charge is 2.14. The lowest BCUT2D eigenvalue weighted by Gasteiger charge is -2.19. The summed E-state index contributed by atoms with van der Waals surface area (Å²) >= 11 is 0. The lowest BCUT2D eigenvalue weighted by Crippen LogP contribution is -2.22. The summed E-state index contributed by atoms with van der Waals surface area (Å²) in [6.07, 6.45) is 3.24. The van der Waals surface area contributed by atoms with Crippen LogP contribution < -0.4 is 0 Å². The molecule has 1 aliphatic rings. The van der Waals surface area contributed by atoms with Gasteiger partial charge in [0.1, 0.15) is 6.10 Å². The molecule has 3 heteroatoms. The molecule has 1 rings (SSSR count). The average molecular weight is 186 g/mol. The molecule has 0 radical (unpaired) electrons. The van der Waals surface area contributed by atoms with Crippen LogP contribution >= 0.6 is 0 Å². The van der Waals surface area contributed by atoms with Crippen molar-refractivity contribution in [3.63, 3.8) is 0 Å². The van der Waals surface area contributed by atoms with Crippen LogP contribution in [0.3, 0.4) is 0 Å². The lowest BCUT2D eigenvalue weighted by molar-refractivity contribution is 0.0156. The van der Waals surface area contributed by atoms with Crippen molar-refractivity contribution in [2.24, 2.45) is 0 Å². The number of hydrogen-bond acceptors (Lipinski definition) is 3. The summed E-state index contributed by atoms with van der Waals surface area (Å²) in [5, 5.41) is 9.65. The average Bonchev–Trinajstić information content (AvgIpc) is 2.15. The molecule has 0 spiro atoms. The third-order valence-electron chi connectivity index (χ3n) is 1.98. The fourth-order valence-electron chi connectivity index (χ4n) is 1.22. The Kier molecular flexibility index (Phi) is 4.25. The summed E-state index contributed by atoms with van der Waals surface area (Å²) in [4.78, 5) is 0. The molecule has 1 atom stereocenters. The first-order valence-electron chi connectivity index (χ1n) is 4.80. The second-order valence-corrected chi connectivity index (χ2v) is 3.56. The van der Waals surface area contributed by atoms with E-state index in [1.165, 1.54) is 0 Å². The van der Waals surface area contributed by atoms with Crippen molar-refractivity contribution in [3.05, 3.63) is 11.8 Å². The molecule has 0 saturated carbocycles. The summed E-state index contributed by atoms with van der Waals surface area (Å²) in [5.41, 5.74) is 0.951. The van der Waals surface area contributed by atoms with Gasteiger partial charge in [-0.2, -0.15) is 0 Å². The lowest BCUT2D eigenvalue weighted by atomic mass is 10.1. The minimum atomic E-state index is -0.498. The van der Waals surface area contributed by atoms with Crippen LogP contribution in [0.15, 0.2) is 11.8 Å². The van der Waals surface area contributed by atoms with Crippen molar-refractivity contribution in [1.82, 2.24) is 0 Å². The van der Waals surface area contributed by atoms with Gasteiger partial charge in [-0.25, -0.2) is 0 Å². The van der Waals surface area contributed by atoms with E-state index < -0.39 is 6.10 Å². The molecule has 13 heavy (non-hydrogen) atoms. The smallest absolute Gasteiger partial charge is 0.102 e. The molecule has 0 aromatic rings. The van der Waals surface area contributed by atoms with Crippen LogP contribution in [0.4, 0.5) is 0 Å². The normalized spacial score (nSPS) is 19.5. The van der Waals surface area contributed by atoms with Gasteiger partial charge in [-0.1, -0.05) is 0 Å². The van der Waals surface area contributed by atoms with E-state index in [0.29, 0.717) is 6.61 Å². The van der Waals surface area contributed by atoms with Crippen LogP contribution in [0.25, 0.3) is 0 Å². The number of aliphatic hydroxyl groups excluding tert-OH is 1. The molecule has 76 valence electrons. The minimum Gasteiger partial charge on any atom is -0.501 e. The molecule has 0 saturated heterocycles. The Hall–Kier alpha value is -0.540. The van der Waals surface area contributed by atoms with E-state index in [0.717, 1.165) is 25.0 Å². The Morgan fingerprint density at radius 2 is 2.38 bits per heavy atom. The Morgan fingerprint density at radius 1 is 1.62 bits per heavy atom. The van der Waals surface area contributed by atoms with Gasteiger partial charge in [-0.05, 0) is 32.3 Å². The van der Waals surface area contributed by atoms with Gasteiger partial charge in [-0.15, -0.1) is 0 Å². The summed E-state index contributed by atoms with van der Waals surface area (Å²) in [6.45, 7) is 5.05. The molecule has 0 amide bonds. The number of aliphatic hydroxyl groups is 1. The monoisotopic (exact) mass is 186 g/mol. The number of ether oxygens (including phenoxy) is 2. The maximum atomic E-state index is 9.65. The highest BCUT2D eigenvalue weighted by atomic mass is 16.5.